The number of carboxylic acid groups (broad SMARTS) is 1. The molecule has 1 aliphatic heterocycles. The second-order valence-electron chi connectivity index (χ2n) is 4.64. The fraction of sp³-hybridized carbons (Fsp3) is 0.500. The van der Waals surface area contributed by atoms with E-state index in [1.165, 1.54) is 11.0 Å². The highest BCUT2D eigenvalue weighted by molar-refractivity contribution is 5.87. The van der Waals surface area contributed by atoms with Crippen molar-refractivity contribution in [1.82, 2.24) is 9.97 Å². The Kier molecular flexibility index (Phi) is 4.53. The van der Waals surface area contributed by atoms with Gasteiger partial charge in [-0.3, -0.25) is 4.79 Å². The molecule has 1 aliphatic rings. The average Bonchev–Trinajstić information content (AvgIpc) is 2.47. The summed E-state index contributed by atoms with van der Waals surface area (Å²) in [5, 5.41) is 9.15. The Balaban J connectivity index is 2.33. The van der Waals surface area contributed by atoms with E-state index in [0.29, 0.717) is 38.1 Å². The Morgan fingerprint density at radius 1 is 1.43 bits per heavy atom. The lowest BCUT2D eigenvalue weighted by Crippen LogP contribution is -2.38. The van der Waals surface area contributed by atoms with Gasteiger partial charge in [-0.15, -0.1) is 0 Å². The zero-order valence-corrected chi connectivity index (χ0v) is 11.7. The SMILES string of the molecule is CN(CC(N)=O)c1cc(C(=O)O)nc(N2CCOCC2)n1. The Morgan fingerprint density at radius 2 is 2.10 bits per heavy atom. The molecule has 0 spiro atoms. The van der Waals surface area contributed by atoms with Crippen molar-refractivity contribution in [3.8, 4) is 0 Å². The molecule has 2 rings (SSSR count). The van der Waals surface area contributed by atoms with Crippen LogP contribution in [0, 0.1) is 0 Å². The van der Waals surface area contributed by atoms with Crippen molar-refractivity contribution in [2.24, 2.45) is 5.73 Å². The minimum Gasteiger partial charge on any atom is -0.477 e. The van der Waals surface area contributed by atoms with Crippen LogP contribution in [0.2, 0.25) is 0 Å². The number of amides is 1. The molecule has 0 aliphatic carbocycles. The van der Waals surface area contributed by atoms with E-state index < -0.39 is 11.9 Å². The topological polar surface area (TPSA) is 122 Å². The van der Waals surface area contributed by atoms with Gasteiger partial charge in [0.15, 0.2) is 5.69 Å². The molecule has 114 valence electrons. The summed E-state index contributed by atoms with van der Waals surface area (Å²) in [5.41, 5.74) is 5.02. The maximum atomic E-state index is 11.2. The van der Waals surface area contributed by atoms with Crippen LogP contribution in [0.15, 0.2) is 6.07 Å². The average molecular weight is 295 g/mol. The summed E-state index contributed by atoms with van der Waals surface area (Å²) < 4.78 is 5.24. The van der Waals surface area contributed by atoms with Crippen LogP contribution in [0.1, 0.15) is 10.5 Å². The highest BCUT2D eigenvalue weighted by atomic mass is 16.5. The lowest BCUT2D eigenvalue weighted by molar-refractivity contribution is -0.116. The van der Waals surface area contributed by atoms with Crippen molar-refractivity contribution in [3.05, 3.63) is 11.8 Å². The van der Waals surface area contributed by atoms with E-state index in [-0.39, 0.29) is 12.2 Å². The molecule has 9 nitrogen and oxygen atoms in total. The van der Waals surface area contributed by atoms with Gasteiger partial charge in [-0.1, -0.05) is 0 Å². The number of morpholine rings is 1. The van der Waals surface area contributed by atoms with Crippen LogP contribution in [0.3, 0.4) is 0 Å². The second-order valence-corrected chi connectivity index (χ2v) is 4.64. The molecule has 0 radical (unpaired) electrons. The molecule has 0 bridgehead atoms. The third-order valence-corrected chi connectivity index (χ3v) is 3.00. The zero-order valence-electron chi connectivity index (χ0n) is 11.7. The van der Waals surface area contributed by atoms with E-state index >= 15 is 0 Å². The quantitative estimate of drug-likeness (QED) is 0.704. The number of ether oxygens (including phenoxy) is 1. The summed E-state index contributed by atoms with van der Waals surface area (Å²) in [6.45, 7) is 2.18. The van der Waals surface area contributed by atoms with Crippen molar-refractivity contribution in [1.29, 1.82) is 0 Å². The van der Waals surface area contributed by atoms with Crippen LogP contribution in [0.4, 0.5) is 11.8 Å². The normalized spacial score (nSPS) is 14.8. The molecule has 2 heterocycles. The van der Waals surface area contributed by atoms with E-state index in [1.807, 2.05) is 4.90 Å². The van der Waals surface area contributed by atoms with Gasteiger partial charge in [0.25, 0.3) is 0 Å². The third kappa shape index (κ3) is 3.78. The van der Waals surface area contributed by atoms with E-state index in [4.69, 9.17) is 15.6 Å². The molecule has 0 aromatic carbocycles. The predicted octanol–water partition coefficient (Wildman–Crippen LogP) is -1.07. The molecule has 1 saturated heterocycles. The van der Waals surface area contributed by atoms with Gasteiger partial charge in [-0.2, -0.15) is 4.98 Å². The van der Waals surface area contributed by atoms with E-state index in [1.54, 1.807) is 7.05 Å². The number of anilines is 2. The van der Waals surface area contributed by atoms with Gasteiger partial charge >= 0.3 is 5.97 Å². The van der Waals surface area contributed by atoms with Gasteiger partial charge in [0, 0.05) is 26.2 Å². The summed E-state index contributed by atoms with van der Waals surface area (Å²) in [4.78, 5) is 33.8. The van der Waals surface area contributed by atoms with Crippen LogP contribution in [-0.2, 0) is 9.53 Å². The number of carboxylic acids is 1. The number of primary amides is 1. The number of aromatic nitrogens is 2. The monoisotopic (exact) mass is 295 g/mol. The highest BCUT2D eigenvalue weighted by Gasteiger charge is 2.19. The van der Waals surface area contributed by atoms with E-state index in [9.17, 15) is 9.59 Å². The predicted molar refractivity (Wildman–Crippen MR) is 74.5 cm³/mol. The fourth-order valence-electron chi connectivity index (χ4n) is 1.95. The first-order valence-electron chi connectivity index (χ1n) is 6.42. The number of carbonyl (C=O) groups excluding carboxylic acids is 1. The Hall–Kier alpha value is -2.42. The number of rotatable bonds is 5. The standard InChI is InChI=1S/C12H17N5O4/c1-16(7-9(13)18)10-6-8(11(19)20)14-12(15-10)17-2-4-21-5-3-17/h6H,2-5,7H2,1H3,(H2,13,18)(H,19,20). The van der Waals surface area contributed by atoms with Crippen molar-refractivity contribution >= 4 is 23.6 Å². The molecule has 1 aromatic heterocycles. The molecular weight excluding hydrogens is 278 g/mol. The fourth-order valence-corrected chi connectivity index (χ4v) is 1.95. The van der Waals surface area contributed by atoms with Crippen molar-refractivity contribution < 1.29 is 19.4 Å². The molecule has 1 amide bonds. The number of likely N-dealkylation sites (N-methyl/N-ethyl adjacent to an activating group) is 1. The summed E-state index contributed by atoms with van der Waals surface area (Å²) in [5.74, 6) is -1.03. The summed E-state index contributed by atoms with van der Waals surface area (Å²) in [7, 11) is 1.61. The smallest absolute Gasteiger partial charge is 0.354 e. The Morgan fingerprint density at radius 3 is 2.67 bits per heavy atom. The number of nitrogens with zero attached hydrogens (tertiary/aromatic N) is 4. The Labute approximate surface area is 121 Å². The summed E-state index contributed by atoms with van der Waals surface area (Å²) in [6.07, 6.45) is 0. The molecule has 1 fully saturated rings. The van der Waals surface area contributed by atoms with Crippen LogP contribution < -0.4 is 15.5 Å². The largest absolute Gasteiger partial charge is 0.477 e. The number of nitrogens with two attached hydrogens (primary N) is 1. The van der Waals surface area contributed by atoms with Crippen LogP contribution in [-0.4, -0.2) is 66.8 Å². The summed E-state index contributed by atoms with van der Waals surface area (Å²) >= 11 is 0. The number of aromatic carboxylic acids is 1. The lowest BCUT2D eigenvalue weighted by Gasteiger charge is -2.28. The summed E-state index contributed by atoms with van der Waals surface area (Å²) in [6, 6.07) is 1.31. The van der Waals surface area contributed by atoms with Gasteiger partial charge in [0.05, 0.1) is 19.8 Å². The van der Waals surface area contributed by atoms with Gasteiger partial charge < -0.3 is 25.4 Å². The lowest BCUT2D eigenvalue weighted by atomic mass is 10.3. The van der Waals surface area contributed by atoms with Gasteiger partial charge in [-0.25, -0.2) is 9.78 Å². The molecule has 1 aromatic rings. The maximum Gasteiger partial charge on any atom is 0.354 e. The first kappa shape index (κ1) is 15.0. The minimum atomic E-state index is -1.15. The van der Waals surface area contributed by atoms with Gasteiger partial charge in [0.1, 0.15) is 5.82 Å². The minimum absolute atomic E-state index is 0.0569. The van der Waals surface area contributed by atoms with Gasteiger partial charge in [0.2, 0.25) is 11.9 Å². The molecule has 0 saturated carbocycles. The maximum absolute atomic E-state index is 11.2. The van der Waals surface area contributed by atoms with Crippen LogP contribution >= 0.6 is 0 Å². The molecule has 0 atom stereocenters. The van der Waals surface area contributed by atoms with Gasteiger partial charge in [-0.05, 0) is 0 Å². The molecule has 9 heteroatoms. The van der Waals surface area contributed by atoms with Crippen molar-refractivity contribution in [2.45, 2.75) is 0 Å². The second kappa shape index (κ2) is 6.35. The van der Waals surface area contributed by atoms with Crippen molar-refractivity contribution in [2.75, 3.05) is 49.7 Å². The number of hydrogen-bond donors (Lipinski definition) is 2. The van der Waals surface area contributed by atoms with E-state index in [2.05, 4.69) is 9.97 Å². The molecule has 3 N–H and O–H groups in total. The Bertz CT molecular complexity index is 544. The number of carbonyl (C=O) groups is 2. The van der Waals surface area contributed by atoms with Crippen LogP contribution in [0.5, 0.6) is 0 Å². The van der Waals surface area contributed by atoms with E-state index in [0.717, 1.165) is 0 Å². The zero-order chi connectivity index (χ0) is 15.4. The molecule has 0 unspecified atom stereocenters. The highest BCUT2D eigenvalue weighted by Crippen LogP contribution is 2.17. The number of hydrogen-bond acceptors (Lipinski definition) is 7. The van der Waals surface area contributed by atoms with Crippen LogP contribution in [0.25, 0.3) is 0 Å². The third-order valence-electron chi connectivity index (χ3n) is 3.00. The first-order chi connectivity index (χ1) is 9.97. The molecule has 21 heavy (non-hydrogen) atoms. The molecular formula is C12H17N5O4. The van der Waals surface area contributed by atoms with Crippen molar-refractivity contribution in [3.63, 3.8) is 0 Å². The first-order valence-corrected chi connectivity index (χ1v) is 6.42.